The SMILES string of the molecule is CCn1cncc1CN1C[C@H]2C[C@@H](n3cc(-c4cccs4)nn3)[C@H](OC)C[C@H]2C1. The summed E-state index contributed by atoms with van der Waals surface area (Å²) in [5.74, 6) is 1.37. The van der Waals surface area contributed by atoms with Crippen LogP contribution in [-0.2, 0) is 17.8 Å². The van der Waals surface area contributed by atoms with Crippen LogP contribution in [-0.4, -0.2) is 55.7 Å². The second kappa shape index (κ2) is 8.01. The van der Waals surface area contributed by atoms with Crippen LogP contribution in [0.1, 0.15) is 31.5 Å². The van der Waals surface area contributed by atoms with Gasteiger partial charge in [0.1, 0.15) is 5.69 Å². The van der Waals surface area contributed by atoms with E-state index in [1.807, 2.05) is 24.3 Å². The molecule has 3 aromatic rings. The first kappa shape index (κ1) is 19.0. The Morgan fingerprint density at radius 1 is 1.24 bits per heavy atom. The maximum absolute atomic E-state index is 5.93. The van der Waals surface area contributed by atoms with Gasteiger partial charge in [-0.25, -0.2) is 9.67 Å². The van der Waals surface area contributed by atoms with Crippen molar-refractivity contribution in [2.45, 2.75) is 45.0 Å². The summed E-state index contributed by atoms with van der Waals surface area (Å²) < 4.78 is 10.2. The molecule has 4 atom stereocenters. The zero-order chi connectivity index (χ0) is 19.8. The van der Waals surface area contributed by atoms with Crippen LogP contribution < -0.4 is 0 Å². The number of thiophene rings is 1. The normalized spacial score (nSPS) is 27.4. The second-order valence-corrected chi connectivity index (χ2v) is 9.21. The molecule has 29 heavy (non-hydrogen) atoms. The van der Waals surface area contributed by atoms with E-state index in [2.05, 4.69) is 55.4 Å². The predicted molar refractivity (Wildman–Crippen MR) is 113 cm³/mol. The third kappa shape index (κ3) is 3.65. The van der Waals surface area contributed by atoms with E-state index in [4.69, 9.17) is 4.74 Å². The van der Waals surface area contributed by atoms with E-state index in [1.165, 1.54) is 10.6 Å². The Balaban J connectivity index is 1.30. The molecule has 1 saturated heterocycles. The number of rotatable bonds is 6. The van der Waals surface area contributed by atoms with Crippen LogP contribution in [0.3, 0.4) is 0 Å². The van der Waals surface area contributed by atoms with Crippen LogP contribution in [0.25, 0.3) is 10.6 Å². The fourth-order valence-corrected chi connectivity index (χ4v) is 5.79. The summed E-state index contributed by atoms with van der Waals surface area (Å²) in [5, 5.41) is 11.0. The molecule has 4 heterocycles. The lowest BCUT2D eigenvalue weighted by Gasteiger charge is -2.37. The third-order valence-corrected chi connectivity index (χ3v) is 7.50. The van der Waals surface area contributed by atoms with E-state index in [9.17, 15) is 0 Å². The lowest BCUT2D eigenvalue weighted by Crippen LogP contribution is -2.37. The molecule has 8 heteroatoms. The van der Waals surface area contributed by atoms with Gasteiger partial charge < -0.3 is 9.30 Å². The first-order chi connectivity index (χ1) is 14.2. The molecule has 2 fully saturated rings. The average Bonchev–Trinajstić information content (AvgIpc) is 3.52. The van der Waals surface area contributed by atoms with Crippen LogP contribution in [0.15, 0.2) is 36.2 Å². The predicted octanol–water partition coefficient (Wildman–Crippen LogP) is 3.32. The lowest BCUT2D eigenvalue weighted by atomic mass is 9.77. The number of aryl methyl sites for hydroxylation is 1. The number of fused-ring (bicyclic) bond motifs is 1. The smallest absolute Gasteiger partial charge is 0.122 e. The first-order valence-electron chi connectivity index (χ1n) is 10.4. The molecular weight excluding hydrogens is 384 g/mol. The molecule has 1 saturated carbocycles. The Morgan fingerprint density at radius 2 is 2.10 bits per heavy atom. The summed E-state index contributed by atoms with van der Waals surface area (Å²) in [7, 11) is 1.83. The van der Waals surface area contributed by atoms with Crippen LogP contribution >= 0.6 is 11.3 Å². The molecule has 3 aromatic heterocycles. The highest BCUT2D eigenvalue weighted by molar-refractivity contribution is 7.13. The van der Waals surface area contributed by atoms with Gasteiger partial charge in [0.25, 0.3) is 0 Å². The number of imidazole rings is 1. The van der Waals surface area contributed by atoms with Crippen molar-refractivity contribution < 1.29 is 4.74 Å². The van der Waals surface area contributed by atoms with Gasteiger partial charge in [-0.1, -0.05) is 11.3 Å². The number of aromatic nitrogens is 5. The molecule has 0 unspecified atom stereocenters. The largest absolute Gasteiger partial charge is 0.379 e. The highest BCUT2D eigenvalue weighted by Crippen LogP contribution is 2.42. The van der Waals surface area contributed by atoms with Crippen LogP contribution in [0.5, 0.6) is 0 Å². The van der Waals surface area contributed by atoms with Gasteiger partial charge in [-0.3, -0.25) is 4.90 Å². The number of methoxy groups -OCH3 is 1. The highest BCUT2D eigenvalue weighted by Gasteiger charge is 2.43. The number of nitrogens with zero attached hydrogens (tertiary/aromatic N) is 6. The van der Waals surface area contributed by atoms with E-state index in [0.717, 1.165) is 44.7 Å². The van der Waals surface area contributed by atoms with Gasteiger partial charge in [-0.2, -0.15) is 0 Å². The maximum Gasteiger partial charge on any atom is 0.122 e. The van der Waals surface area contributed by atoms with Crippen molar-refractivity contribution in [1.82, 2.24) is 29.4 Å². The monoisotopic (exact) mass is 412 g/mol. The van der Waals surface area contributed by atoms with Gasteiger partial charge in [0.15, 0.2) is 0 Å². The average molecular weight is 413 g/mol. The van der Waals surface area contributed by atoms with Crippen LogP contribution in [0, 0.1) is 11.8 Å². The van der Waals surface area contributed by atoms with Crippen molar-refractivity contribution in [2.75, 3.05) is 20.2 Å². The van der Waals surface area contributed by atoms with E-state index in [-0.39, 0.29) is 12.1 Å². The Labute approximate surface area is 175 Å². The van der Waals surface area contributed by atoms with E-state index in [1.54, 1.807) is 11.3 Å². The zero-order valence-electron chi connectivity index (χ0n) is 17.0. The van der Waals surface area contributed by atoms with Crippen molar-refractivity contribution >= 4 is 11.3 Å². The van der Waals surface area contributed by atoms with Gasteiger partial charge >= 0.3 is 0 Å². The van der Waals surface area contributed by atoms with Crippen molar-refractivity contribution in [3.05, 3.63) is 41.9 Å². The molecule has 2 aliphatic rings. The molecule has 154 valence electrons. The van der Waals surface area contributed by atoms with Gasteiger partial charge in [-0.05, 0) is 43.0 Å². The Hall–Kier alpha value is -2.03. The van der Waals surface area contributed by atoms with Crippen LogP contribution in [0.4, 0.5) is 0 Å². The Morgan fingerprint density at radius 3 is 2.86 bits per heavy atom. The molecule has 1 aliphatic carbocycles. The molecule has 0 bridgehead atoms. The Bertz CT molecular complexity index is 935. The minimum Gasteiger partial charge on any atom is -0.379 e. The van der Waals surface area contributed by atoms with E-state index >= 15 is 0 Å². The summed E-state index contributed by atoms with van der Waals surface area (Å²) in [6.45, 7) is 6.41. The summed E-state index contributed by atoms with van der Waals surface area (Å²) in [4.78, 5) is 8.08. The van der Waals surface area contributed by atoms with E-state index in [0.29, 0.717) is 11.8 Å². The molecule has 0 aromatic carbocycles. The minimum atomic E-state index is 0.190. The molecule has 0 N–H and O–H groups in total. The van der Waals surface area contributed by atoms with Crippen LogP contribution in [0.2, 0.25) is 0 Å². The number of ether oxygens (including phenoxy) is 1. The van der Waals surface area contributed by atoms with Gasteiger partial charge in [0, 0.05) is 39.5 Å². The summed E-state index contributed by atoms with van der Waals surface area (Å²) >= 11 is 1.70. The van der Waals surface area contributed by atoms with Crippen molar-refractivity contribution in [2.24, 2.45) is 11.8 Å². The quantitative estimate of drug-likeness (QED) is 0.622. The highest BCUT2D eigenvalue weighted by atomic mass is 32.1. The van der Waals surface area contributed by atoms with Crippen molar-refractivity contribution in [1.29, 1.82) is 0 Å². The Kier molecular flexibility index (Phi) is 5.24. The molecular formula is C21H28N6OS. The number of hydrogen-bond donors (Lipinski definition) is 0. The van der Waals surface area contributed by atoms with Gasteiger partial charge in [0.05, 0.1) is 35.2 Å². The second-order valence-electron chi connectivity index (χ2n) is 8.26. The van der Waals surface area contributed by atoms with Crippen molar-refractivity contribution in [3.8, 4) is 10.6 Å². The third-order valence-electron chi connectivity index (χ3n) is 6.61. The molecule has 0 amide bonds. The summed E-state index contributed by atoms with van der Waals surface area (Å²) in [6, 6.07) is 4.41. The first-order valence-corrected chi connectivity index (χ1v) is 11.3. The molecule has 1 aliphatic heterocycles. The summed E-state index contributed by atoms with van der Waals surface area (Å²) in [6.07, 6.45) is 8.41. The van der Waals surface area contributed by atoms with Gasteiger partial charge in [-0.15, -0.1) is 16.4 Å². The molecule has 0 spiro atoms. The number of hydrogen-bond acceptors (Lipinski definition) is 6. The van der Waals surface area contributed by atoms with Gasteiger partial charge in [0.2, 0.25) is 0 Å². The van der Waals surface area contributed by atoms with E-state index < -0.39 is 0 Å². The topological polar surface area (TPSA) is 61.0 Å². The zero-order valence-corrected chi connectivity index (χ0v) is 17.8. The molecule has 7 nitrogen and oxygen atoms in total. The fourth-order valence-electron chi connectivity index (χ4n) is 5.12. The molecule has 5 rings (SSSR count). The maximum atomic E-state index is 5.93. The lowest BCUT2D eigenvalue weighted by molar-refractivity contribution is -0.00545. The minimum absolute atomic E-state index is 0.190. The standard InChI is InChI=1S/C21H28N6OS/c1-3-26-14-22-9-17(26)12-25-10-15-7-19(20(28-2)8-16(15)11-25)27-13-18(23-24-27)21-5-4-6-29-21/h4-6,9,13-16,19-20H,3,7-8,10-12H2,1-2H3/t15-,16+,19-,20-/m1/s1. The molecule has 0 radical (unpaired) electrons. The van der Waals surface area contributed by atoms with Crippen molar-refractivity contribution in [3.63, 3.8) is 0 Å². The fraction of sp³-hybridized carbons (Fsp3) is 0.571. The summed E-state index contributed by atoms with van der Waals surface area (Å²) in [5.41, 5.74) is 2.26. The number of likely N-dealkylation sites (tertiary alicyclic amines) is 1.